The number of nitrogens with two attached hydrogens (primary N) is 1. The van der Waals surface area contributed by atoms with E-state index >= 15 is 0 Å². The minimum absolute atomic E-state index is 0.0196. The Bertz CT molecular complexity index is 941. The largest absolute Gasteiger partial charge is 0.269 e. The van der Waals surface area contributed by atoms with Crippen molar-refractivity contribution >= 4 is 33.4 Å². The van der Waals surface area contributed by atoms with Gasteiger partial charge in [0.25, 0.3) is 11.8 Å². The van der Waals surface area contributed by atoms with E-state index in [0.717, 1.165) is 11.6 Å². The van der Waals surface area contributed by atoms with Gasteiger partial charge in [0.2, 0.25) is 10.0 Å². The van der Waals surface area contributed by atoms with Crippen LogP contribution in [-0.2, 0) is 10.0 Å². The predicted octanol–water partition coefficient (Wildman–Crippen LogP) is 2.19. The van der Waals surface area contributed by atoms with Gasteiger partial charge >= 0.3 is 0 Å². The molecular weight excluding hydrogens is 378 g/mol. The molecule has 4 N–H and O–H groups in total. The molecule has 0 atom stereocenters. The summed E-state index contributed by atoms with van der Waals surface area (Å²) in [5.74, 6) is -0.877. The van der Waals surface area contributed by atoms with Gasteiger partial charge in [-0.3, -0.25) is 20.4 Å². The van der Waals surface area contributed by atoms with E-state index in [2.05, 4.69) is 10.9 Å². The molecule has 0 aliphatic heterocycles. The SMILES string of the molecule is CC(C)c1ccc(C(=O)NNC(=O)c2ccc(Cl)c(S(N)(=O)=O)c2)cc1. The Morgan fingerprint density at radius 2 is 1.46 bits per heavy atom. The summed E-state index contributed by atoms with van der Waals surface area (Å²) in [5, 5.41) is 4.95. The first-order valence-corrected chi connectivity index (χ1v) is 9.55. The van der Waals surface area contributed by atoms with Crippen LogP contribution in [0, 0.1) is 0 Å². The van der Waals surface area contributed by atoms with Crippen LogP contribution in [0.1, 0.15) is 46.0 Å². The molecule has 2 aromatic rings. The monoisotopic (exact) mass is 395 g/mol. The molecule has 0 saturated heterocycles. The van der Waals surface area contributed by atoms with Crippen LogP contribution in [0.2, 0.25) is 5.02 Å². The fraction of sp³-hybridized carbons (Fsp3) is 0.176. The number of hydrazine groups is 1. The van der Waals surface area contributed by atoms with E-state index in [1.54, 1.807) is 12.1 Å². The van der Waals surface area contributed by atoms with Crippen molar-refractivity contribution in [1.82, 2.24) is 10.9 Å². The Morgan fingerprint density at radius 3 is 1.96 bits per heavy atom. The van der Waals surface area contributed by atoms with Gasteiger partial charge in [0, 0.05) is 11.1 Å². The lowest BCUT2D eigenvalue weighted by Gasteiger charge is -2.10. The van der Waals surface area contributed by atoms with Crippen LogP contribution in [-0.4, -0.2) is 20.2 Å². The highest BCUT2D eigenvalue weighted by Gasteiger charge is 2.17. The zero-order valence-electron chi connectivity index (χ0n) is 14.1. The van der Waals surface area contributed by atoms with Crippen LogP contribution in [0.4, 0.5) is 0 Å². The van der Waals surface area contributed by atoms with Crippen LogP contribution < -0.4 is 16.0 Å². The highest BCUT2D eigenvalue weighted by atomic mass is 35.5. The molecule has 0 heterocycles. The van der Waals surface area contributed by atoms with E-state index in [0.29, 0.717) is 11.5 Å². The number of sulfonamides is 1. The quantitative estimate of drug-likeness (QED) is 0.687. The Kier molecular flexibility index (Phi) is 6.01. The van der Waals surface area contributed by atoms with Crippen LogP contribution in [0.3, 0.4) is 0 Å². The molecule has 0 saturated carbocycles. The summed E-state index contributed by atoms with van der Waals surface area (Å²) in [6.07, 6.45) is 0. The Balaban J connectivity index is 2.07. The normalized spacial score (nSPS) is 11.3. The molecule has 2 aromatic carbocycles. The van der Waals surface area contributed by atoms with Gasteiger partial charge in [-0.15, -0.1) is 0 Å². The summed E-state index contributed by atoms with van der Waals surface area (Å²) in [5.41, 5.74) is 5.92. The molecule has 0 aliphatic carbocycles. The Hall–Kier alpha value is -2.42. The zero-order chi connectivity index (χ0) is 19.5. The number of hydrogen-bond donors (Lipinski definition) is 3. The first-order valence-electron chi connectivity index (χ1n) is 7.62. The second kappa shape index (κ2) is 7.86. The van der Waals surface area contributed by atoms with Gasteiger partial charge in [0.05, 0.1) is 5.02 Å². The Labute approximate surface area is 156 Å². The van der Waals surface area contributed by atoms with Crippen LogP contribution in [0.5, 0.6) is 0 Å². The second-order valence-electron chi connectivity index (χ2n) is 5.88. The molecule has 2 amide bonds. The van der Waals surface area contributed by atoms with Gasteiger partial charge in [-0.2, -0.15) is 0 Å². The molecule has 0 unspecified atom stereocenters. The first kappa shape index (κ1) is 19.9. The summed E-state index contributed by atoms with van der Waals surface area (Å²) in [7, 11) is -4.07. The molecule has 0 aliphatic rings. The number of amides is 2. The predicted molar refractivity (Wildman–Crippen MR) is 98.3 cm³/mol. The molecular formula is C17H18ClN3O4S. The van der Waals surface area contributed by atoms with E-state index in [9.17, 15) is 18.0 Å². The summed E-state index contributed by atoms with van der Waals surface area (Å²) in [6, 6.07) is 10.6. The first-order chi connectivity index (χ1) is 12.1. The molecule has 9 heteroatoms. The maximum Gasteiger partial charge on any atom is 0.269 e. The average Bonchev–Trinajstić information content (AvgIpc) is 2.58. The smallest absolute Gasteiger partial charge is 0.267 e. The maximum absolute atomic E-state index is 12.1. The summed E-state index contributed by atoms with van der Waals surface area (Å²) in [4.78, 5) is 23.8. The topological polar surface area (TPSA) is 118 Å². The summed E-state index contributed by atoms with van der Waals surface area (Å²) >= 11 is 5.77. The van der Waals surface area contributed by atoms with Gasteiger partial charge in [-0.05, 0) is 41.8 Å². The Morgan fingerprint density at radius 1 is 0.962 bits per heavy atom. The number of benzene rings is 2. The van der Waals surface area contributed by atoms with E-state index < -0.39 is 21.8 Å². The lowest BCUT2D eigenvalue weighted by molar-refractivity contribution is 0.0846. The van der Waals surface area contributed by atoms with E-state index in [1.165, 1.54) is 12.1 Å². The van der Waals surface area contributed by atoms with Crippen molar-refractivity contribution in [3.05, 3.63) is 64.2 Å². The average molecular weight is 396 g/mol. The molecule has 7 nitrogen and oxygen atoms in total. The van der Waals surface area contributed by atoms with Gasteiger partial charge in [-0.1, -0.05) is 37.6 Å². The number of rotatable bonds is 4. The number of primary sulfonamides is 1. The van der Waals surface area contributed by atoms with E-state index in [-0.39, 0.29) is 15.5 Å². The van der Waals surface area contributed by atoms with Gasteiger partial charge in [0.15, 0.2) is 0 Å². The van der Waals surface area contributed by atoms with Gasteiger partial charge in [0.1, 0.15) is 4.90 Å². The number of carbonyl (C=O) groups is 2. The van der Waals surface area contributed by atoms with Crippen molar-refractivity contribution < 1.29 is 18.0 Å². The van der Waals surface area contributed by atoms with Crippen LogP contribution in [0.15, 0.2) is 47.4 Å². The minimum atomic E-state index is -4.07. The van der Waals surface area contributed by atoms with Crippen molar-refractivity contribution in [1.29, 1.82) is 0 Å². The van der Waals surface area contributed by atoms with Crippen molar-refractivity contribution in [2.75, 3.05) is 0 Å². The van der Waals surface area contributed by atoms with Crippen LogP contribution >= 0.6 is 11.6 Å². The van der Waals surface area contributed by atoms with Crippen LogP contribution in [0.25, 0.3) is 0 Å². The molecule has 138 valence electrons. The third-order valence-electron chi connectivity index (χ3n) is 3.63. The highest BCUT2D eigenvalue weighted by molar-refractivity contribution is 7.89. The lowest BCUT2D eigenvalue weighted by atomic mass is 10.0. The zero-order valence-corrected chi connectivity index (χ0v) is 15.7. The number of halogens is 1. The summed E-state index contributed by atoms with van der Waals surface area (Å²) < 4.78 is 22.9. The van der Waals surface area contributed by atoms with Crippen molar-refractivity contribution in [3.8, 4) is 0 Å². The third kappa shape index (κ3) is 4.81. The second-order valence-corrected chi connectivity index (χ2v) is 7.81. The maximum atomic E-state index is 12.1. The van der Waals surface area contributed by atoms with Crippen molar-refractivity contribution in [2.24, 2.45) is 5.14 Å². The number of nitrogens with one attached hydrogen (secondary N) is 2. The van der Waals surface area contributed by atoms with Gasteiger partial charge in [-0.25, -0.2) is 13.6 Å². The lowest BCUT2D eigenvalue weighted by Crippen LogP contribution is -2.41. The fourth-order valence-corrected chi connectivity index (χ4v) is 3.21. The van der Waals surface area contributed by atoms with Gasteiger partial charge < -0.3 is 0 Å². The highest BCUT2D eigenvalue weighted by Crippen LogP contribution is 2.21. The van der Waals surface area contributed by atoms with Crippen molar-refractivity contribution in [3.63, 3.8) is 0 Å². The molecule has 26 heavy (non-hydrogen) atoms. The molecule has 0 aromatic heterocycles. The molecule has 0 radical (unpaired) electrons. The fourth-order valence-electron chi connectivity index (χ4n) is 2.14. The molecule has 0 fully saturated rings. The standard InChI is InChI=1S/C17H18ClN3O4S/c1-10(2)11-3-5-12(6-4-11)16(22)20-21-17(23)13-7-8-14(18)15(9-13)26(19,24)25/h3-10H,1-2H3,(H,20,22)(H,21,23)(H2,19,24,25). The number of hydrogen-bond acceptors (Lipinski definition) is 4. The molecule has 0 spiro atoms. The third-order valence-corrected chi connectivity index (χ3v) is 5.02. The van der Waals surface area contributed by atoms with Crippen molar-refractivity contribution in [2.45, 2.75) is 24.7 Å². The molecule has 2 rings (SSSR count). The molecule has 0 bridgehead atoms. The number of carbonyl (C=O) groups excluding carboxylic acids is 2. The van der Waals surface area contributed by atoms with E-state index in [4.69, 9.17) is 16.7 Å². The minimum Gasteiger partial charge on any atom is -0.267 e. The van der Waals surface area contributed by atoms with E-state index in [1.807, 2.05) is 26.0 Å². The summed E-state index contributed by atoms with van der Waals surface area (Å²) in [6.45, 7) is 4.08.